The topological polar surface area (TPSA) is 46.5 Å². The number of hydrogen-bond donors (Lipinski definition) is 1. The first-order chi connectivity index (χ1) is 6.18. The van der Waals surface area contributed by atoms with Crippen LogP contribution in [0.3, 0.4) is 0 Å². The van der Waals surface area contributed by atoms with E-state index in [0.717, 1.165) is 0 Å². The molecule has 1 saturated heterocycles. The Hall–Kier alpha value is -0.780. The molecule has 0 aliphatic carbocycles. The van der Waals surface area contributed by atoms with Crippen LogP contribution in [0.2, 0.25) is 0 Å². The van der Waals surface area contributed by atoms with E-state index in [1.54, 1.807) is 0 Å². The Morgan fingerprint density at radius 3 is 2.29 bits per heavy atom. The summed E-state index contributed by atoms with van der Waals surface area (Å²) < 4.78 is 41.2. The van der Waals surface area contributed by atoms with E-state index in [1.165, 1.54) is 13.8 Å². The van der Waals surface area contributed by atoms with E-state index in [0.29, 0.717) is 0 Å². The molecule has 1 rings (SSSR count). The molecule has 6 heteroatoms. The summed E-state index contributed by atoms with van der Waals surface area (Å²) in [7, 11) is 0. The fourth-order valence-electron chi connectivity index (χ4n) is 1.47. The van der Waals surface area contributed by atoms with E-state index in [1.807, 2.05) is 0 Å². The lowest BCUT2D eigenvalue weighted by Crippen LogP contribution is -2.41. The van der Waals surface area contributed by atoms with Gasteiger partial charge in [0.15, 0.2) is 11.7 Å². The molecule has 0 amide bonds. The fourth-order valence-corrected chi connectivity index (χ4v) is 1.47. The molecular weight excluding hydrogens is 201 g/mol. The van der Waals surface area contributed by atoms with Gasteiger partial charge in [0.1, 0.15) is 0 Å². The Morgan fingerprint density at radius 1 is 1.57 bits per heavy atom. The summed E-state index contributed by atoms with van der Waals surface area (Å²) in [5.74, 6) is -2.00. The van der Waals surface area contributed by atoms with E-state index in [-0.39, 0.29) is 6.42 Å². The molecule has 14 heavy (non-hydrogen) atoms. The van der Waals surface area contributed by atoms with Crippen molar-refractivity contribution in [1.82, 2.24) is 0 Å². The van der Waals surface area contributed by atoms with Crippen LogP contribution < -0.4 is 0 Å². The first kappa shape index (κ1) is 11.3. The monoisotopic (exact) mass is 212 g/mol. The van der Waals surface area contributed by atoms with Crippen molar-refractivity contribution >= 4 is 5.97 Å². The molecule has 3 atom stereocenters. The maximum Gasteiger partial charge on any atom is 0.414 e. The predicted molar refractivity (Wildman–Crippen MR) is 40.7 cm³/mol. The van der Waals surface area contributed by atoms with Gasteiger partial charge in [0.25, 0.3) is 0 Å². The van der Waals surface area contributed by atoms with Gasteiger partial charge in [0.2, 0.25) is 0 Å². The van der Waals surface area contributed by atoms with E-state index in [9.17, 15) is 18.0 Å². The second kappa shape index (κ2) is 3.12. The molecule has 0 radical (unpaired) electrons. The van der Waals surface area contributed by atoms with E-state index < -0.39 is 29.8 Å². The van der Waals surface area contributed by atoms with Crippen molar-refractivity contribution in [3.8, 4) is 0 Å². The number of ether oxygens (including phenoxy) is 1. The zero-order valence-corrected chi connectivity index (χ0v) is 7.76. The van der Waals surface area contributed by atoms with Crippen LogP contribution in [-0.2, 0) is 9.53 Å². The average molecular weight is 212 g/mol. The van der Waals surface area contributed by atoms with E-state index >= 15 is 0 Å². The van der Waals surface area contributed by atoms with Crippen molar-refractivity contribution < 1.29 is 27.8 Å². The van der Waals surface area contributed by atoms with Crippen molar-refractivity contribution in [2.45, 2.75) is 38.1 Å². The lowest BCUT2D eigenvalue weighted by Gasteiger charge is -2.23. The molecule has 1 heterocycles. The SMILES string of the molecule is CC1CC(C(F)(F)F)OC1(C)C(=O)O. The minimum Gasteiger partial charge on any atom is -0.479 e. The third kappa shape index (κ3) is 1.70. The Kier molecular flexibility index (Phi) is 2.51. The smallest absolute Gasteiger partial charge is 0.414 e. The van der Waals surface area contributed by atoms with E-state index in [4.69, 9.17) is 5.11 Å². The second-order valence-corrected chi connectivity index (χ2v) is 3.70. The van der Waals surface area contributed by atoms with Crippen molar-refractivity contribution in [2.75, 3.05) is 0 Å². The quantitative estimate of drug-likeness (QED) is 0.721. The molecule has 0 aromatic rings. The Balaban J connectivity index is 2.84. The molecule has 3 unspecified atom stereocenters. The lowest BCUT2D eigenvalue weighted by molar-refractivity contribution is -0.230. The highest BCUT2D eigenvalue weighted by Crippen LogP contribution is 2.42. The minimum absolute atomic E-state index is 0.299. The Labute approximate surface area is 78.9 Å². The summed E-state index contributed by atoms with van der Waals surface area (Å²) in [6.45, 7) is 2.62. The van der Waals surface area contributed by atoms with Gasteiger partial charge in [-0.05, 0) is 19.3 Å². The van der Waals surface area contributed by atoms with Crippen LogP contribution in [0.25, 0.3) is 0 Å². The number of halogens is 3. The van der Waals surface area contributed by atoms with Crippen LogP contribution in [0.15, 0.2) is 0 Å². The number of alkyl halides is 3. The normalized spacial score (nSPS) is 38.6. The minimum atomic E-state index is -4.48. The summed E-state index contributed by atoms with van der Waals surface area (Å²) in [4.78, 5) is 10.7. The summed E-state index contributed by atoms with van der Waals surface area (Å²) in [6.07, 6.45) is -6.74. The molecule has 1 aliphatic rings. The summed E-state index contributed by atoms with van der Waals surface area (Å²) in [5.41, 5.74) is -1.72. The molecule has 0 aromatic heterocycles. The number of carboxylic acids is 1. The van der Waals surface area contributed by atoms with Gasteiger partial charge in [-0.1, -0.05) is 6.92 Å². The molecule has 1 aliphatic heterocycles. The largest absolute Gasteiger partial charge is 0.479 e. The number of carboxylic acid groups (broad SMARTS) is 1. The highest BCUT2D eigenvalue weighted by molar-refractivity contribution is 5.77. The number of aliphatic carboxylic acids is 1. The van der Waals surface area contributed by atoms with Crippen molar-refractivity contribution in [2.24, 2.45) is 5.92 Å². The zero-order valence-electron chi connectivity index (χ0n) is 7.76. The third-order valence-corrected chi connectivity index (χ3v) is 2.68. The summed E-state index contributed by atoms with van der Waals surface area (Å²) in [5, 5.41) is 8.73. The predicted octanol–water partition coefficient (Wildman–Crippen LogP) is 1.82. The van der Waals surface area contributed by atoms with Crippen LogP contribution in [0.4, 0.5) is 13.2 Å². The molecule has 0 bridgehead atoms. The molecule has 1 fully saturated rings. The molecule has 0 saturated carbocycles. The van der Waals surface area contributed by atoms with Crippen molar-refractivity contribution in [3.63, 3.8) is 0 Å². The average Bonchev–Trinajstić information content (AvgIpc) is 2.28. The van der Waals surface area contributed by atoms with Crippen molar-refractivity contribution in [1.29, 1.82) is 0 Å². The first-order valence-electron chi connectivity index (χ1n) is 4.16. The van der Waals surface area contributed by atoms with Crippen LogP contribution in [-0.4, -0.2) is 29.0 Å². The highest BCUT2D eigenvalue weighted by atomic mass is 19.4. The molecule has 1 N–H and O–H groups in total. The Bertz CT molecular complexity index is 251. The van der Waals surface area contributed by atoms with Gasteiger partial charge in [0, 0.05) is 0 Å². The van der Waals surface area contributed by atoms with Gasteiger partial charge in [-0.2, -0.15) is 13.2 Å². The van der Waals surface area contributed by atoms with Crippen molar-refractivity contribution in [3.05, 3.63) is 0 Å². The zero-order chi connectivity index (χ0) is 11.1. The van der Waals surface area contributed by atoms with Crippen LogP contribution in [0, 0.1) is 5.92 Å². The van der Waals surface area contributed by atoms with Gasteiger partial charge in [-0.3, -0.25) is 0 Å². The van der Waals surface area contributed by atoms with E-state index in [2.05, 4.69) is 4.74 Å². The maximum atomic E-state index is 12.2. The molecule has 82 valence electrons. The molecule has 0 aromatic carbocycles. The fraction of sp³-hybridized carbons (Fsp3) is 0.875. The first-order valence-corrected chi connectivity index (χ1v) is 4.16. The van der Waals surface area contributed by atoms with Gasteiger partial charge in [-0.25, -0.2) is 4.79 Å². The Morgan fingerprint density at radius 2 is 2.07 bits per heavy atom. The summed E-state index contributed by atoms with van der Waals surface area (Å²) in [6, 6.07) is 0. The highest BCUT2D eigenvalue weighted by Gasteiger charge is 2.56. The molecule has 3 nitrogen and oxygen atoms in total. The number of rotatable bonds is 1. The molecular formula is C8H11F3O3. The second-order valence-electron chi connectivity index (χ2n) is 3.70. The number of hydrogen-bond acceptors (Lipinski definition) is 2. The van der Waals surface area contributed by atoms with Gasteiger partial charge >= 0.3 is 12.1 Å². The summed E-state index contributed by atoms with van der Waals surface area (Å²) >= 11 is 0. The van der Waals surface area contributed by atoms with Gasteiger partial charge in [0.05, 0.1) is 0 Å². The third-order valence-electron chi connectivity index (χ3n) is 2.68. The van der Waals surface area contributed by atoms with Crippen LogP contribution in [0.1, 0.15) is 20.3 Å². The van der Waals surface area contributed by atoms with Crippen LogP contribution in [0.5, 0.6) is 0 Å². The number of carbonyl (C=O) groups is 1. The van der Waals surface area contributed by atoms with Gasteiger partial charge in [-0.15, -0.1) is 0 Å². The standard InChI is InChI=1S/C8H11F3O3/c1-4-3-5(8(9,10)11)14-7(4,2)6(12)13/h4-5H,3H2,1-2H3,(H,12,13). The lowest BCUT2D eigenvalue weighted by atomic mass is 9.90. The maximum absolute atomic E-state index is 12.2. The van der Waals surface area contributed by atoms with Crippen LogP contribution >= 0.6 is 0 Å². The van der Waals surface area contributed by atoms with Gasteiger partial charge < -0.3 is 9.84 Å². The molecule has 0 spiro atoms.